The van der Waals surface area contributed by atoms with E-state index in [1.807, 2.05) is 66.7 Å². The van der Waals surface area contributed by atoms with Gasteiger partial charge in [0.05, 0.1) is 12.2 Å². The van der Waals surface area contributed by atoms with E-state index < -0.39 is 5.97 Å². The van der Waals surface area contributed by atoms with Crippen molar-refractivity contribution in [2.45, 2.75) is 83.7 Å². The Kier molecular flexibility index (Phi) is 12.1. The number of carbonyl (C=O) groups is 1. The Morgan fingerprint density at radius 2 is 1.37 bits per heavy atom. The molecule has 0 saturated heterocycles. The van der Waals surface area contributed by atoms with E-state index in [-0.39, 0.29) is 24.4 Å². The summed E-state index contributed by atoms with van der Waals surface area (Å²) in [7, 11) is 0. The molecule has 3 aromatic rings. The number of aliphatic hydroxyl groups excluding tert-OH is 2. The minimum Gasteiger partial charge on any atom is -0.489 e. The highest BCUT2D eigenvalue weighted by Crippen LogP contribution is 2.32. The smallest absolute Gasteiger partial charge is 0.339 e. The Morgan fingerprint density at radius 3 is 1.97 bits per heavy atom. The second kappa shape index (κ2) is 15.8. The number of hydrogen-bond donors (Lipinski definition) is 3. The molecule has 2 atom stereocenters. The monoisotopic (exact) mass is 520 g/mol. The van der Waals surface area contributed by atoms with E-state index in [1.54, 1.807) is 13.0 Å². The summed E-state index contributed by atoms with van der Waals surface area (Å²) < 4.78 is 12.1. The molecule has 3 aromatic carbocycles. The summed E-state index contributed by atoms with van der Waals surface area (Å²) in [6, 6.07) is 23.0. The number of aliphatic hydroxyl groups is 2. The van der Waals surface area contributed by atoms with Gasteiger partial charge in [-0.15, -0.1) is 0 Å². The molecule has 0 aliphatic rings. The van der Waals surface area contributed by atoms with Gasteiger partial charge in [-0.1, -0.05) is 73.5 Å². The predicted octanol–water partition coefficient (Wildman–Crippen LogP) is 6.56. The Hall–Kier alpha value is -3.35. The standard InChI is InChI=1S/C32H40O6/c1-24(33)12-11-19-28(34)18-10-4-9-17-27-20-29(37-22-25-13-5-2-6-14-25)21-30(31(27)32(35)36)38-23-26-15-7-3-8-16-26/h2-3,5-8,13-16,20-21,24,28,33-34H,4,9-12,17-19,22-23H2,1H3,(H,35,36)/t24-,28+/m0/s1. The quantitative estimate of drug-likeness (QED) is 0.175. The van der Waals surface area contributed by atoms with Crippen LogP contribution in [0, 0.1) is 0 Å². The Morgan fingerprint density at radius 1 is 0.763 bits per heavy atom. The molecule has 204 valence electrons. The van der Waals surface area contributed by atoms with Gasteiger partial charge in [0.25, 0.3) is 0 Å². The summed E-state index contributed by atoms with van der Waals surface area (Å²) >= 11 is 0. The van der Waals surface area contributed by atoms with Crippen LogP contribution in [0.3, 0.4) is 0 Å². The van der Waals surface area contributed by atoms with Gasteiger partial charge in [-0.3, -0.25) is 0 Å². The highest BCUT2D eigenvalue weighted by molar-refractivity contribution is 5.93. The van der Waals surface area contributed by atoms with Crippen LogP contribution in [0.1, 0.15) is 78.9 Å². The lowest BCUT2D eigenvalue weighted by Crippen LogP contribution is -2.09. The maximum Gasteiger partial charge on any atom is 0.339 e. The number of hydrogen-bond acceptors (Lipinski definition) is 5. The molecule has 0 aliphatic heterocycles. The molecule has 0 fully saturated rings. The molecule has 0 aliphatic carbocycles. The largest absolute Gasteiger partial charge is 0.489 e. The zero-order valence-electron chi connectivity index (χ0n) is 22.2. The van der Waals surface area contributed by atoms with Crippen LogP contribution >= 0.6 is 0 Å². The van der Waals surface area contributed by atoms with E-state index >= 15 is 0 Å². The van der Waals surface area contributed by atoms with E-state index in [0.29, 0.717) is 49.4 Å². The molecule has 0 spiro atoms. The summed E-state index contributed by atoms with van der Waals surface area (Å²) in [6.07, 6.45) is 5.31. The molecule has 0 aromatic heterocycles. The lowest BCUT2D eigenvalue weighted by molar-refractivity contribution is 0.0690. The molecule has 0 bridgehead atoms. The van der Waals surface area contributed by atoms with Crippen LogP contribution in [0.15, 0.2) is 72.8 Å². The van der Waals surface area contributed by atoms with Gasteiger partial charge in [0.1, 0.15) is 30.3 Å². The maximum atomic E-state index is 12.3. The van der Waals surface area contributed by atoms with Crippen molar-refractivity contribution in [3.63, 3.8) is 0 Å². The first kappa shape index (κ1) is 29.2. The summed E-state index contributed by atoms with van der Waals surface area (Å²) in [5.74, 6) is -0.146. The molecule has 0 amide bonds. The van der Waals surface area contributed by atoms with Gasteiger partial charge in [-0.2, -0.15) is 0 Å². The molecule has 3 rings (SSSR count). The number of carboxylic acids is 1. The molecule has 0 radical (unpaired) electrons. The van der Waals surface area contributed by atoms with Crippen LogP contribution < -0.4 is 9.47 Å². The van der Waals surface area contributed by atoms with Crippen molar-refractivity contribution in [2.24, 2.45) is 0 Å². The lowest BCUT2D eigenvalue weighted by atomic mass is 9.98. The fraction of sp³-hybridized carbons (Fsp3) is 0.406. The highest BCUT2D eigenvalue weighted by Gasteiger charge is 2.20. The highest BCUT2D eigenvalue weighted by atomic mass is 16.5. The fourth-order valence-corrected chi connectivity index (χ4v) is 4.42. The molecule has 6 heteroatoms. The summed E-state index contributed by atoms with van der Waals surface area (Å²) in [5, 5.41) is 29.6. The predicted molar refractivity (Wildman–Crippen MR) is 149 cm³/mol. The number of aromatic carboxylic acids is 1. The third-order valence-electron chi connectivity index (χ3n) is 6.50. The van der Waals surface area contributed by atoms with Gasteiger partial charge < -0.3 is 24.8 Å². The van der Waals surface area contributed by atoms with E-state index in [1.165, 1.54) is 0 Å². The summed E-state index contributed by atoms with van der Waals surface area (Å²) in [6.45, 7) is 2.39. The zero-order chi connectivity index (χ0) is 27.2. The van der Waals surface area contributed by atoms with Crippen LogP contribution in [0.4, 0.5) is 0 Å². The zero-order valence-corrected chi connectivity index (χ0v) is 22.2. The Balaban J connectivity index is 1.67. The first-order chi connectivity index (χ1) is 18.4. The maximum absolute atomic E-state index is 12.3. The molecule has 0 unspecified atom stereocenters. The first-order valence-electron chi connectivity index (χ1n) is 13.5. The third kappa shape index (κ3) is 10.2. The number of aryl methyl sites for hydroxylation is 1. The van der Waals surface area contributed by atoms with Crippen molar-refractivity contribution in [3.8, 4) is 11.5 Å². The number of carboxylic acid groups (broad SMARTS) is 1. The summed E-state index contributed by atoms with van der Waals surface area (Å²) in [5.41, 5.74) is 2.83. The Labute approximate surface area is 225 Å². The SMILES string of the molecule is C[C@H](O)CCC[C@H](O)CCCCCc1cc(OCc2ccccc2)cc(OCc2ccccc2)c1C(=O)O. The van der Waals surface area contributed by atoms with Crippen LogP contribution in [0.5, 0.6) is 11.5 Å². The average molecular weight is 521 g/mol. The molecule has 6 nitrogen and oxygen atoms in total. The molecular weight excluding hydrogens is 480 g/mol. The second-order valence-corrected chi connectivity index (χ2v) is 9.84. The van der Waals surface area contributed by atoms with Crippen LogP contribution in [0.25, 0.3) is 0 Å². The van der Waals surface area contributed by atoms with Gasteiger partial charge in [0.15, 0.2) is 0 Å². The van der Waals surface area contributed by atoms with Crippen LogP contribution in [-0.2, 0) is 19.6 Å². The molecule has 3 N–H and O–H groups in total. The Bertz CT molecular complexity index is 1100. The van der Waals surface area contributed by atoms with Crippen molar-refractivity contribution < 1.29 is 29.6 Å². The number of rotatable bonds is 17. The first-order valence-corrected chi connectivity index (χ1v) is 13.5. The van der Waals surface area contributed by atoms with Gasteiger partial charge >= 0.3 is 5.97 Å². The molecule has 38 heavy (non-hydrogen) atoms. The number of benzene rings is 3. The van der Waals surface area contributed by atoms with Crippen molar-refractivity contribution in [1.29, 1.82) is 0 Å². The topological polar surface area (TPSA) is 96.2 Å². The van der Waals surface area contributed by atoms with E-state index in [4.69, 9.17) is 9.47 Å². The molecular formula is C32H40O6. The summed E-state index contributed by atoms with van der Waals surface area (Å²) in [4.78, 5) is 12.3. The second-order valence-electron chi connectivity index (χ2n) is 9.84. The van der Waals surface area contributed by atoms with Gasteiger partial charge in [0, 0.05) is 6.07 Å². The van der Waals surface area contributed by atoms with Crippen LogP contribution in [0.2, 0.25) is 0 Å². The van der Waals surface area contributed by atoms with E-state index in [0.717, 1.165) is 36.8 Å². The van der Waals surface area contributed by atoms with Crippen LogP contribution in [-0.4, -0.2) is 33.5 Å². The third-order valence-corrected chi connectivity index (χ3v) is 6.50. The lowest BCUT2D eigenvalue weighted by Gasteiger charge is -2.17. The fourth-order valence-electron chi connectivity index (χ4n) is 4.42. The number of ether oxygens (including phenoxy) is 2. The molecule has 0 heterocycles. The minimum atomic E-state index is -1.02. The van der Waals surface area contributed by atoms with Gasteiger partial charge in [-0.25, -0.2) is 4.79 Å². The van der Waals surface area contributed by atoms with E-state index in [2.05, 4.69) is 0 Å². The minimum absolute atomic E-state index is 0.172. The normalized spacial score (nSPS) is 12.6. The van der Waals surface area contributed by atoms with Crippen molar-refractivity contribution in [3.05, 3.63) is 95.1 Å². The van der Waals surface area contributed by atoms with Gasteiger partial charge in [-0.05, 0) is 68.2 Å². The van der Waals surface area contributed by atoms with Crippen molar-refractivity contribution in [1.82, 2.24) is 0 Å². The molecule has 0 saturated carbocycles. The number of unbranched alkanes of at least 4 members (excludes halogenated alkanes) is 2. The average Bonchev–Trinajstić information content (AvgIpc) is 2.91. The van der Waals surface area contributed by atoms with Crippen molar-refractivity contribution >= 4 is 5.97 Å². The van der Waals surface area contributed by atoms with E-state index in [9.17, 15) is 20.1 Å². The van der Waals surface area contributed by atoms with Gasteiger partial charge in [0.2, 0.25) is 0 Å². The van der Waals surface area contributed by atoms with Crippen molar-refractivity contribution in [2.75, 3.05) is 0 Å².